The summed E-state index contributed by atoms with van der Waals surface area (Å²) in [7, 11) is -2.69. The predicted octanol–water partition coefficient (Wildman–Crippen LogP) is 5.87. The van der Waals surface area contributed by atoms with E-state index in [1.165, 1.54) is 42.0 Å². The zero-order chi connectivity index (χ0) is 31.0. The first kappa shape index (κ1) is 30.9. The molecule has 4 rings (SSSR count). The number of carbonyl (C=O) groups is 1. The average Bonchev–Trinajstić information content (AvgIpc) is 3.00. The highest BCUT2D eigenvalue weighted by molar-refractivity contribution is 6.97. The molecule has 0 aliphatic heterocycles. The second kappa shape index (κ2) is 13.7. The number of aryl methyl sites for hydroxylation is 1. The lowest BCUT2D eigenvalue weighted by Crippen LogP contribution is -2.61. The largest absolute Gasteiger partial charge is 0.519 e. The maximum atomic E-state index is 12.5. The molecule has 0 bridgehead atoms. The number of nitrogens with zero attached hydrogens (tertiary/aromatic N) is 2. The monoisotopic (exact) mass is 602 g/mol. The number of non-ortho nitro benzene ring substituents is 2. The minimum absolute atomic E-state index is 0.0153. The molecule has 0 aliphatic rings. The molecule has 0 N–H and O–H groups in total. The highest BCUT2D eigenvalue weighted by Crippen LogP contribution is 2.32. The fourth-order valence-corrected chi connectivity index (χ4v) is 8.68. The van der Waals surface area contributed by atoms with Crippen molar-refractivity contribution in [2.45, 2.75) is 26.8 Å². The normalized spacial score (nSPS) is 12.2. The van der Waals surface area contributed by atoms with E-state index in [9.17, 15) is 25.0 Å². The van der Waals surface area contributed by atoms with Crippen LogP contribution in [0.15, 0.2) is 91.0 Å². The molecule has 0 amide bonds. The third kappa shape index (κ3) is 7.23. The van der Waals surface area contributed by atoms with E-state index in [-0.39, 0.29) is 41.8 Å². The molecule has 0 spiro atoms. The predicted molar refractivity (Wildman–Crippen MR) is 162 cm³/mol. The van der Waals surface area contributed by atoms with Crippen LogP contribution in [0.1, 0.15) is 18.1 Å². The number of ether oxygens (including phenoxy) is 3. The van der Waals surface area contributed by atoms with Crippen LogP contribution in [0.25, 0.3) is 0 Å². The van der Waals surface area contributed by atoms with Crippen LogP contribution in [0, 0.1) is 34.1 Å². The van der Waals surface area contributed by atoms with Gasteiger partial charge in [0.05, 0.1) is 22.5 Å². The summed E-state index contributed by atoms with van der Waals surface area (Å²) in [5.74, 6) is -0.135. The fourth-order valence-electron chi connectivity index (χ4n) is 4.73. The lowest BCUT2D eigenvalue weighted by Gasteiger charge is -2.33. The fraction of sp³-hybridized carbons (Fsp3) is 0.194. The summed E-state index contributed by atoms with van der Waals surface area (Å²) in [4.78, 5) is 33.6. The second-order valence-electron chi connectivity index (χ2n) is 9.58. The Labute approximate surface area is 249 Å². The van der Waals surface area contributed by atoms with E-state index in [4.69, 9.17) is 18.6 Å². The second-order valence-corrected chi connectivity index (χ2v) is 13.4. The molecule has 4 aromatic carbocycles. The van der Waals surface area contributed by atoms with Gasteiger partial charge in [0, 0.05) is 18.2 Å². The van der Waals surface area contributed by atoms with E-state index in [0.717, 1.165) is 28.0 Å². The molecule has 222 valence electrons. The molecule has 0 aromatic heterocycles. The molecule has 12 heteroatoms. The van der Waals surface area contributed by atoms with E-state index in [0.29, 0.717) is 0 Å². The van der Waals surface area contributed by atoms with Crippen LogP contribution in [-0.4, -0.2) is 37.5 Å². The summed E-state index contributed by atoms with van der Waals surface area (Å²) in [6, 6.07) is 25.4. The van der Waals surface area contributed by atoms with Gasteiger partial charge < -0.3 is 18.6 Å². The van der Waals surface area contributed by atoms with Crippen molar-refractivity contribution < 1.29 is 33.3 Å². The summed E-state index contributed by atoms with van der Waals surface area (Å²) < 4.78 is 23.0. The molecule has 0 fully saturated rings. The molecule has 0 aliphatic carbocycles. The number of nitro benzene ring substituents is 2. The summed E-state index contributed by atoms with van der Waals surface area (Å²) >= 11 is 0. The molecule has 1 atom stereocenters. The summed E-state index contributed by atoms with van der Waals surface area (Å²) in [6.07, 6.45) is -1.15. The third-order valence-corrected chi connectivity index (χ3v) is 11.4. The molecule has 1 unspecified atom stereocenters. The number of hydrogen-bond donors (Lipinski definition) is 0. The number of rotatable bonds is 12. The molecular weight excluding hydrogens is 572 g/mol. The first-order valence-electron chi connectivity index (χ1n) is 13.5. The van der Waals surface area contributed by atoms with Gasteiger partial charge in [-0.05, 0) is 59.6 Å². The van der Waals surface area contributed by atoms with Gasteiger partial charge >= 0.3 is 6.16 Å². The average molecular weight is 603 g/mol. The van der Waals surface area contributed by atoms with Crippen LogP contribution in [0.2, 0.25) is 6.04 Å². The maximum Gasteiger partial charge on any atom is 0.519 e. The van der Waals surface area contributed by atoms with E-state index >= 15 is 0 Å². The number of hydrogen-bond acceptors (Lipinski definition) is 9. The summed E-state index contributed by atoms with van der Waals surface area (Å²) in [5, 5.41) is 24.5. The molecule has 0 saturated carbocycles. The van der Waals surface area contributed by atoms with Crippen molar-refractivity contribution in [3.8, 4) is 17.2 Å². The van der Waals surface area contributed by atoms with Gasteiger partial charge in [0.15, 0.2) is 11.5 Å². The molecule has 0 heterocycles. The van der Waals surface area contributed by atoms with Crippen molar-refractivity contribution in [1.29, 1.82) is 0 Å². The van der Waals surface area contributed by atoms with E-state index in [2.05, 4.69) is 45.0 Å². The summed E-state index contributed by atoms with van der Waals surface area (Å²) in [5.41, 5.74) is 1.90. The zero-order valence-corrected chi connectivity index (χ0v) is 24.9. The van der Waals surface area contributed by atoms with Crippen molar-refractivity contribution in [2.75, 3.05) is 13.2 Å². The van der Waals surface area contributed by atoms with Crippen molar-refractivity contribution in [3.63, 3.8) is 0 Å². The lowest BCUT2D eigenvalue weighted by atomic mass is 10.1. The van der Waals surface area contributed by atoms with Crippen LogP contribution >= 0.6 is 0 Å². The van der Waals surface area contributed by atoms with Crippen LogP contribution in [0.4, 0.5) is 16.2 Å². The Morgan fingerprint density at radius 1 is 0.767 bits per heavy atom. The Morgan fingerprint density at radius 3 is 2.09 bits per heavy atom. The molecule has 4 aromatic rings. The Balaban J connectivity index is 1.52. The SMILES string of the molecule is CC[Si](OCCOc1cc([N+](=O)[O-])ccc1OC(=O)Oc1ccc([N+](=O)[O-])cc1)(c1ccccc1)c1cccc(C)c1C. The van der Waals surface area contributed by atoms with Crippen molar-refractivity contribution in [3.05, 3.63) is 122 Å². The van der Waals surface area contributed by atoms with Gasteiger partial charge in [-0.3, -0.25) is 20.2 Å². The highest BCUT2D eigenvalue weighted by Gasteiger charge is 2.39. The van der Waals surface area contributed by atoms with Crippen molar-refractivity contribution in [1.82, 2.24) is 0 Å². The van der Waals surface area contributed by atoms with Crippen LogP contribution in [0.3, 0.4) is 0 Å². The van der Waals surface area contributed by atoms with Crippen LogP contribution in [-0.2, 0) is 4.43 Å². The van der Waals surface area contributed by atoms with Gasteiger partial charge in [-0.1, -0.05) is 55.5 Å². The Bertz CT molecular complexity index is 1610. The van der Waals surface area contributed by atoms with Crippen molar-refractivity contribution in [2.24, 2.45) is 0 Å². The topological polar surface area (TPSA) is 140 Å². The van der Waals surface area contributed by atoms with Crippen LogP contribution in [0.5, 0.6) is 17.2 Å². The van der Waals surface area contributed by atoms with Gasteiger partial charge in [0.1, 0.15) is 12.4 Å². The Hall–Kier alpha value is -5.07. The van der Waals surface area contributed by atoms with Gasteiger partial charge in [-0.25, -0.2) is 4.79 Å². The third-order valence-electron chi connectivity index (χ3n) is 7.05. The lowest BCUT2D eigenvalue weighted by molar-refractivity contribution is -0.385. The van der Waals surface area contributed by atoms with Gasteiger partial charge in [0.2, 0.25) is 0 Å². The highest BCUT2D eigenvalue weighted by atomic mass is 28.4. The molecule has 11 nitrogen and oxygen atoms in total. The maximum absolute atomic E-state index is 12.5. The Kier molecular flexibility index (Phi) is 9.86. The number of carbonyl (C=O) groups excluding carboxylic acids is 1. The molecular formula is C31H30N2O9Si. The smallest absolute Gasteiger partial charge is 0.487 e. The van der Waals surface area contributed by atoms with Crippen LogP contribution < -0.4 is 24.6 Å². The van der Waals surface area contributed by atoms with E-state index < -0.39 is 24.3 Å². The standard InChI is InChI=1S/C31H30N2O9Si/c1-4-43(27-10-6-5-7-11-27,30-12-8-9-22(2)23(30)3)40-20-19-39-29-21-25(33(37)38)15-18-28(29)42-31(34)41-26-16-13-24(14-17-26)32(35)36/h5-18,21H,4,19-20H2,1-3H3. The van der Waals surface area contributed by atoms with E-state index in [1.54, 1.807) is 0 Å². The van der Waals surface area contributed by atoms with Gasteiger partial charge in [-0.2, -0.15) is 0 Å². The zero-order valence-electron chi connectivity index (χ0n) is 23.9. The summed E-state index contributed by atoms with van der Waals surface area (Å²) in [6.45, 7) is 6.44. The minimum Gasteiger partial charge on any atom is -0.487 e. The molecule has 0 saturated heterocycles. The molecule has 43 heavy (non-hydrogen) atoms. The first-order valence-corrected chi connectivity index (χ1v) is 15.6. The Morgan fingerprint density at radius 2 is 1.44 bits per heavy atom. The van der Waals surface area contributed by atoms with E-state index in [1.807, 2.05) is 24.3 Å². The quantitative estimate of drug-likeness (QED) is 0.0486. The van der Waals surface area contributed by atoms with Gasteiger partial charge in [-0.15, -0.1) is 0 Å². The number of nitro groups is 2. The minimum atomic E-state index is -2.69. The first-order chi connectivity index (χ1) is 20.6. The van der Waals surface area contributed by atoms with Crippen molar-refractivity contribution >= 4 is 36.2 Å². The molecule has 0 radical (unpaired) electrons. The number of benzene rings is 4. The van der Waals surface area contributed by atoms with Gasteiger partial charge in [0.25, 0.3) is 19.7 Å².